The number of ether oxygens (including phenoxy) is 1. The van der Waals surface area contributed by atoms with Crippen LogP contribution in [0.5, 0.6) is 0 Å². The standard InChI is InChI=1S/C14H24N2O2/c1-15-10-14(11-15)4-2-12(3-5-14)13(17)16-6-8-18-9-7-16/h12H,2-11H2,1H3. The van der Waals surface area contributed by atoms with Crippen molar-refractivity contribution in [3.63, 3.8) is 0 Å². The van der Waals surface area contributed by atoms with E-state index in [2.05, 4.69) is 11.9 Å². The van der Waals surface area contributed by atoms with E-state index in [9.17, 15) is 4.79 Å². The first kappa shape index (κ1) is 12.4. The highest BCUT2D eigenvalue weighted by Gasteiger charge is 2.45. The quantitative estimate of drug-likeness (QED) is 0.697. The summed E-state index contributed by atoms with van der Waals surface area (Å²) >= 11 is 0. The Hall–Kier alpha value is -0.610. The number of likely N-dealkylation sites (tertiary alicyclic amines) is 1. The minimum Gasteiger partial charge on any atom is -0.378 e. The highest BCUT2D eigenvalue weighted by Crippen LogP contribution is 2.45. The van der Waals surface area contributed by atoms with Gasteiger partial charge in [-0.3, -0.25) is 4.79 Å². The van der Waals surface area contributed by atoms with Crippen molar-refractivity contribution in [2.24, 2.45) is 11.3 Å². The maximum Gasteiger partial charge on any atom is 0.225 e. The smallest absolute Gasteiger partial charge is 0.225 e. The van der Waals surface area contributed by atoms with Crippen LogP contribution in [0.2, 0.25) is 0 Å². The fraction of sp³-hybridized carbons (Fsp3) is 0.929. The highest BCUT2D eigenvalue weighted by atomic mass is 16.5. The van der Waals surface area contributed by atoms with E-state index in [1.807, 2.05) is 4.90 Å². The minimum atomic E-state index is 0.291. The van der Waals surface area contributed by atoms with Crippen molar-refractivity contribution in [3.05, 3.63) is 0 Å². The average Bonchev–Trinajstić information content (AvgIpc) is 2.38. The molecule has 1 amide bonds. The van der Waals surface area contributed by atoms with Crippen LogP contribution in [0.4, 0.5) is 0 Å². The molecule has 0 unspecified atom stereocenters. The molecule has 0 aromatic rings. The molecule has 0 bridgehead atoms. The van der Waals surface area contributed by atoms with Crippen LogP contribution in [-0.2, 0) is 9.53 Å². The van der Waals surface area contributed by atoms with Crippen LogP contribution in [0.3, 0.4) is 0 Å². The summed E-state index contributed by atoms with van der Waals surface area (Å²) in [6, 6.07) is 0. The summed E-state index contributed by atoms with van der Waals surface area (Å²) in [5.74, 6) is 0.681. The molecule has 0 aromatic carbocycles. The second-order valence-electron chi connectivity index (χ2n) is 6.38. The van der Waals surface area contributed by atoms with Crippen LogP contribution in [0.1, 0.15) is 25.7 Å². The molecule has 2 saturated heterocycles. The maximum absolute atomic E-state index is 12.4. The van der Waals surface area contributed by atoms with Gasteiger partial charge in [0.05, 0.1) is 13.2 Å². The van der Waals surface area contributed by atoms with Crippen LogP contribution >= 0.6 is 0 Å². The van der Waals surface area contributed by atoms with Crippen molar-refractivity contribution in [1.29, 1.82) is 0 Å². The van der Waals surface area contributed by atoms with Crippen LogP contribution in [-0.4, -0.2) is 62.1 Å². The van der Waals surface area contributed by atoms with Gasteiger partial charge in [-0.15, -0.1) is 0 Å². The topological polar surface area (TPSA) is 32.8 Å². The second-order valence-corrected chi connectivity index (χ2v) is 6.38. The summed E-state index contributed by atoms with van der Waals surface area (Å²) in [4.78, 5) is 16.8. The van der Waals surface area contributed by atoms with E-state index in [1.165, 1.54) is 25.9 Å². The SMILES string of the molecule is CN1CC2(CCC(C(=O)N3CCOCC3)CC2)C1. The number of nitrogens with zero attached hydrogens (tertiary/aromatic N) is 2. The first-order chi connectivity index (χ1) is 8.69. The molecule has 4 nitrogen and oxygen atoms in total. The molecule has 2 heterocycles. The van der Waals surface area contributed by atoms with E-state index in [0.29, 0.717) is 30.5 Å². The molecule has 0 aromatic heterocycles. The Kier molecular flexibility index (Phi) is 3.32. The number of morpholine rings is 1. The van der Waals surface area contributed by atoms with Crippen molar-refractivity contribution < 1.29 is 9.53 Å². The number of amides is 1. The normalized spacial score (nSPS) is 29.3. The molecule has 0 atom stereocenters. The van der Waals surface area contributed by atoms with Crippen LogP contribution in [0, 0.1) is 11.3 Å². The third kappa shape index (κ3) is 2.28. The molecule has 3 rings (SSSR count). The zero-order valence-electron chi connectivity index (χ0n) is 11.4. The van der Waals surface area contributed by atoms with E-state index < -0.39 is 0 Å². The van der Waals surface area contributed by atoms with Crippen molar-refractivity contribution in [2.45, 2.75) is 25.7 Å². The van der Waals surface area contributed by atoms with Gasteiger partial charge in [-0.05, 0) is 38.1 Å². The van der Waals surface area contributed by atoms with E-state index >= 15 is 0 Å². The summed E-state index contributed by atoms with van der Waals surface area (Å²) in [5, 5.41) is 0. The Balaban J connectivity index is 1.51. The van der Waals surface area contributed by atoms with Crippen molar-refractivity contribution in [3.8, 4) is 0 Å². The molecule has 0 radical (unpaired) electrons. The lowest BCUT2D eigenvalue weighted by Crippen LogP contribution is -2.56. The number of rotatable bonds is 1. The van der Waals surface area contributed by atoms with Gasteiger partial charge >= 0.3 is 0 Å². The summed E-state index contributed by atoms with van der Waals surface area (Å²) in [5.41, 5.74) is 0.566. The molecule has 102 valence electrons. The first-order valence-corrected chi connectivity index (χ1v) is 7.24. The Morgan fingerprint density at radius 3 is 2.33 bits per heavy atom. The molecule has 18 heavy (non-hydrogen) atoms. The Morgan fingerprint density at radius 2 is 1.78 bits per heavy atom. The lowest BCUT2D eigenvalue weighted by atomic mass is 9.66. The lowest BCUT2D eigenvalue weighted by molar-refractivity contribution is -0.142. The van der Waals surface area contributed by atoms with Gasteiger partial charge in [0.25, 0.3) is 0 Å². The van der Waals surface area contributed by atoms with Crippen LogP contribution in [0.15, 0.2) is 0 Å². The maximum atomic E-state index is 12.4. The zero-order valence-corrected chi connectivity index (χ0v) is 11.4. The second kappa shape index (κ2) is 4.82. The van der Waals surface area contributed by atoms with Gasteiger partial charge in [-0.25, -0.2) is 0 Å². The number of hydrogen-bond acceptors (Lipinski definition) is 3. The monoisotopic (exact) mass is 252 g/mol. The van der Waals surface area contributed by atoms with E-state index in [-0.39, 0.29) is 0 Å². The molecule has 3 fully saturated rings. The minimum absolute atomic E-state index is 0.291. The van der Waals surface area contributed by atoms with Crippen molar-refractivity contribution in [1.82, 2.24) is 9.80 Å². The van der Waals surface area contributed by atoms with Crippen LogP contribution in [0.25, 0.3) is 0 Å². The molecule has 4 heteroatoms. The Labute approximate surface area is 109 Å². The first-order valence-electron chi connectivity index (χ1n) is 7.24. The molecule has 3 aliphatic rings. The Bertz CT molecular complexity index is 310. The number of carbonyl (C=O) groups is 1. The summed E-state index contributed by atoms with van der Waals surface area (Å²) in [6.07, 6.45) is 4.70. The molecule has 1 aliphatic carbocycles. The van der Waals surface area contributed by atoms with E-state index in [4.69, 9.17) is 4.74 Å². The summed E-state index contributed by atoms with van der Waals surface area (Å²) in [7, 11) is 2.19. The van der Waals surface area contributed by atoms with Gasteiger partial charge in [0, 0.05) is 32.1 Å². The molecular weight excluding hydrogens is 228 g/mol. The number of hydrogen-bond donors (Lipinski definition) is 0. The van der Waals surface area contributed by atoms with E-state index in [1.54, 1.807) is 0 Å². The molecule has 1 saturated carbocycles. The van der Waals surface area contributed by atoms with Crippen molar-refractivity contribution in [2.75, 3.05) is 46.4 Å². The fourth-order valence-corrected chi connectivity index (χ4v) is 3.93. The van der Waals surface area contributed by atoms with Crippen molar-refractivity contribution >= 4 is 5.91 Å². The summed E-state index contributed by atoms with van der Waals surface area (Å²) in [6.45, 7) is 5.50. The molecule has 0 N–H and O–H groups in total. The molecule has 1 spiro atoms. The van der Waals surface area contributed by atoms with Gasteiger partial charge in [0.15, 0.2) is 0 Å². The van der Waals surface area contributed by atoms with Crippen LogP contribution < -0.4 is 0 Å². The Morgan fingerprint density at radius 1 is 1.17 bits per heavy atom. The van der Waals surface area contributed by atoms with Gasteiger partial charge < -0.3 is 14.5 Å². The zero-order chi connectivity index (χ0) is 12.6. The lowest BCUT2D eigenvalue weighted by Gasteiger charge is -2.52. The molecule has 2 aliphatic heterocycles. The van der Waals surface area contributed by atoms with E-state index in [0.717, 1.165) is 25.9 Å². The molecular formula is C14H24N2O2. The third-order valence-electron chi connectivity index (χ3n) is 4.93. The fourth-order valence-electron chi connectivity index (χ4n) is 3.93. The predicted molar refractivity (Wildman–Crippen MR) is 69.3 cm³/mol. The average molecular weight is 252 g/mol. The van der Waals surface area contributed by atoms with Gasteiger partial charge in [-0.2, -0.15) is 0 Å². The number of carbonyl (C=O) groups excluding carboxylic acids is 1. The largest absolute Gasteiger partial charge is 0.378 e. The van der Waals surface area contributed by atoms with Gasteiger partial charge in [0.2, 0.25) is 5.91 Å². The highest BCUT2D eigenvalue weighted by molar-refractivity contribution is 5.79. The van der Waals surface area contributed by atoms with Gasteiger partial charge in [-0.1, -0.05) is 0 Å². The van der Waals surface area contributed by atoms with Gasteiger partial charge in [0.1, 0.15) is 0 Å². The third-order valence-corrected chi connectivity index (χ3v) is 4.93. The predicted octanol–water partition coefficient (Wildman–Crippen LogP) is 0.967. The summed E-state index contributed by atoms with van der Waals surface area (Å²) < 4.78 is 5.31.